The van der Waals surface area contributed by atoms with Gasteiger partial charge in [-0.05, 0) is 30.9 Å². The Kier molecular flexibility index (Phi) is 3.49. The number of aliphatic carboxylic acids is 1. The van der Waals surface area contributed by atoms with E-state index in [9.17, 15) is 19.5 Å². The molecule has 1 fully saturated rings. The van der Waals surface area contributed by atoms with Crippen LogP contribution in [0.2, 0.25) is 0 Å². The number of hydrogen-bond donors (Lipinski definition) is 1. The van der Waals surface area contributed by atoms with Crippen LogP contribution in [0.15, 0.2) is 24.3 Å². The van der Waals surface area contributed by atoms with E-state index in [1.165, 1.54) is 4.90 Å². The van der Waals surface area contributed by atoms with E-state index >= 15 is 0 Å². The highest BCUT2D eigenvalue weighted by atomic mass is 16.4. The lowest BCUT2D eigenvalue weighted by molar-refractivity contribution is -0.145. The van der Waals surface area contributed by atoms with Crippen molar-refractivity contribution in [3.63, 3.8) is 0 Å². The van der Waals surface area contributed by atoms with Gasteiger partial charge in [0.1, 0.15) is 0 Å². The van der Waals surface area contributed by atoms with Gasteiger partial charge in [-0.25, -0.2) is 0 Å². The Labute approximate surface area is 122 Å². The summed E-state index contributed by atoms with van der Waals surface area (Å²) in [5.74, 6) is -2.02. The second-order valence-electron chi connectivity index (χ2n) is 5.76. The Balaban J connectivity index is 1.81. The lowest BCUT2D eigenvalue weighted by atomic mass is 9.79. The van der Waals surface area contributed by atoms with E-state index in [4.69, 9.17) is 0 Å². The number of hydrogen-bond acceptors (Lipinski definition) is 3. The quantitative estimate of drug-likeness (QED) is 0.865. The van der Waals surface area contributed by atoms with Crippen molar-refractivity contribution in [1.29, 1.82) is 0 Å². The van der Waals surface area contributed by atoms with E-state index in [1.807, 2.05) is 0 Å². The average molecular weight is 287 g/mol. The second-order valence-corrected chi connectivity index (χ2v) is 5.76. The predicted octanol–water partition coefficient (Wildman–Crippen LogP) is 2.17. The highest BCUT2D eigenvalue weighted by molar-refractivity contribution is 6.21. The number of carboxylic acid groups (broad SMARTS) is 1. The first kappa shape index (κ1) is 13.8. The third-order valence-electron chi connectivity index (χ3n) is 4.52. The van der Waals surface area contributed by atoms with Crippen LogP contribution in [0.25, 0.3) is 0 Å². The van der Waals surface area contributed by atoms with Gasteiger partial charge in [0.2, 0.25) is 0 Å². The smallest absolute Gasteiger partial charge is 0.306 e. The number of nitrogens with zero attached hydrogens (tertiary/aromatic N) is 1. The minimum atomic E-state index is -0.823. The van der Waals surface area contributed by atoms with E-state index in [2.05, 4.69) is 0 Å². The van der Waals surface area contributed by atoms with Crippen molar-refractivity contribution < 1.29 is 19.5 Å². The summed E-state index contributed by atoms with van der Waals surface area (Å²) in [5.41, 5.74) is 0.843. The van der Waals surface area contributed by atoms with Crippen LogP contribution in [0.4, 0.5) is 0 Å². The van der Waals surface area contributed by atoms with Crippen molar-refractivity contribution in [2.75, 3.05) is 6.54 Å². The summed E-state index contributed by atoms with van der Waals surface area (Å²) in [6.07, 6.45) is 3.24. The van der Waals surface area contributed by atoms with Gasteiger partial charge in [-0.2, -0.15) is 0 Å². The van der Waals surface area contributed by atoms with Gasteiger partial charge in [0, 0.05) is 6.54 Å². The SMILES string of the molecule is O=C(O)[C@@H]1CCCC[C@@H]1CN1C(=O)c2ccccc2C1=O. The normalized spacial score (nSPS) is 25.0. The Morgan fingerprint density at radius 1 is 1.10 bits per heavy atom. The van der Waals surface area contributed by atoms with E-state index in [0.29, 0.717) is 17.5 Å². The van der Waals surface area contributed by atoms with Crippen LogP contribution in [-0.4, -0.2) is 34.3 Å². The number of amides is 2. The molecule has 0 aromatic heterocycles. The summed E-state index contributed by atoms with van der Waals surface area (Å²) in [4.78, 5) is 37.2. The lowest BCUT2D eigenvalue weighted by Gasteiger charge is -2.31. The van der Waals surface area contributed by atoms with Crippen molar-refractivity contribution in [2.24, 2.45) is 11.8 Å². The molecule has 2 atom stereocenters. The molecule has 0 bridgehead atoms. The number of rotatable bonds is 3. The first-order valence-corrected chi connectivity index (χ1v) is 7.27. The third-order valence-corrected chi connectivity index (χ3v) is 4.52. The van der Waals surface area contributed by atoms with Crippen LogP contribution in [0.3, 0.4) is 0 Å². The summed E-state index contributed by atoms with van der Waals surface area (Å²) in [7, 11) is 0. The summed E-state index contributed by atoms with van der Waals surface area (Å²) in [6, 6.07) is 6.75. The largest absolute Gasteiger partial charge is 0.481 e. The zero-order valence-electron chi connectivity index (χ0n) is 11.6. The van der Waals surface area contributed by atoms with Crippen LogP contribution in [0, 0.1) is 11.8 Å². The minimum Gasteiger partial charge on any atom is -0.481 e. The number of carboxylic acids is 1. The molecule has 0 spiro atoms. The molecule has 110 valence electrons. The highest BCUT2D eigenvalue weighted by Gasteiger charge is 2.39. The Morgan fingerprint density at radius 3 is 2.24 bits per heavy atom. The van der Waals surface area contributed by atoms with E-state index in [1.54, 1.807) is 24.3 Å². The summed E-state index contributed by atoms with van der Waals surface area (Å²) in [6.45, 7) is 0.212. The fourth-order valence-corrected chi connectivity index (χ4v) is 3.39. The molecule has 1 N–H and O–H groups in total. The molecule has 1 heterocycles. The lowest BCUT2D eigenvalue weighted by Crippen LogP contribution is -2.40. The molecule has 0 radical (unpaired) electrons. The highest BCUT2D eigenvalue weighted by Crippen LogP contribution is 2.33. The summed E-state index contributed by atoms with van der Waals surface area (Å²) >= 11 is 0. The summed E-state index contributed by atoms with van der Waals surface area (Å²) < 4.78 is 0. The molecular weight excluding hydrogens is 270 g/mol. The fourth-order valence-electron chi connectivity index (χ4n) is 3.39. The van der Waals surface area contributed by atoms with Crippen LogP contribution in [-0.2, 0) is 4.79 Å². The number of carbonyl (C=O) groups excluding carboxylic acids is 2. The van der Waals surface area contributed by atoms with Gasteiger partial charge in [-0.3, -0.25) is 19.3 Å². The minimum absolute atomic E-state index is 0.140. The van der Waals surface area contributed by atoms with Crippen LogP contribution < -0.4 is 0 Å². The van der Waals surface area contributed by atoms with Crippen LogP contribution >= 0.6 is 0 Å². The van der Waals surface area contributed by atoms with Crippen LogP contribution in [0.5, 0.6) is 0 Å². The van der Waals surface area contributed by atoms with Crippen LogP contribution in [0.1, 0.15) is 46.4 Å². The molecule has 2 amide bonds. The molecule has 1 saturated carbocycles. The van der Waals surface area contributed by atoms with Gasteiger partial charge in [0.15, 0.2) is 0 Å². The molecule has 3 rings (SSSR count). The Bertz CT molecular complexity index is 575. The Hall–Kier alpha value is -2.17. The predicted molar refractivity (Wildman–Crippen MR) is 74.9 cm³/mol. The number of benzene rings is 1. The van der Waals surface area contributed by atoms with Gasteiger partial charge in [-0.15, -0.1) is 0 Å². The molecule has 1 aliphatic carbocycles. The monoisotopic (exact) mass is 287 g/mol. The maximum absolute atomic E-state index is 12.3. The van der Waals surface area contributed by atoms with Crippen molar-refractivity contribution >= 4 is 17.8 Å². The van der Waals surface area contributed by atoms with Crippen molar-refractivity contribution in [1.82, 2.24) is 4.90 Å². The molecule has 0 saturated heterocycles. The topological polar surface area (TPSA) is 74.7 Å². The second kappa shape index (κ2) is 5.31. The number of fused-ring (bicyclic) bond motifs is 1. The fraction of sp³-hybridized carbons (Fsp3) is 0.438. The first-order chi connectivity index (χ1) is 10.1. The molecule has 0 unspecified atom stereocenters. The standard InChI is InChI=1S/C16H17NO4/c18-14-12-7-3-4-8-13(12)15(19)17(14)9-10-5-1-2-6-11(10)16(20)21/h3-4,7-8,10-11H,1-2,5-6,9H2,(H,20,21)/t10-,11-/m1/s1. The Morgan fingerprint density at radius 2 is 1.67 bits per heavy atom. The molecule has 1 aromatic rings. The number of imide groups is 1. The molecule has 1 aromatic carbocycles. The molecule has 2 aliphatic rings. The third kappa shape index (κ3) is 2.33. The van der Waals surface area contributed by atoms with Gasteiger partial charge in [0.25, 0.3) is 11.8 Å². The van der Waals surface area contributed by atoms with E-state index in [0.717, 1.165) is 19.3 Å². The zero-order valence-corrected chi connectivity index (χ0v) is 11.6. The van der Waals surface area contributed by atoms with Crippen molar-refractivity contribution in [3.05, 3.63) is 35.4 Å². The first-order valence-electron chi connectivity index (χ1n) is 7.27. The molecular formula is C16H17NO4. The maximum atomic E-state index is 12.3. The maximum Gasteiger partial charge on any atom is 0.306 e. The van der Waals surface area contributed by atoms with E-state index < -0.39 is 11.9 Å². The van der Waals surface area contributed by atoms with Crippen molar-refractivity contribution in [2.45, 2.75) is 25.7 Å². The van der Waals surface area contributed by atoms with Gasteiger partial charge < -0.3 is 5.11 Å². The molecule has 5 heteroatoms. The van der Waals surface area contributed by atoms with Crippen molar-refractivity contribution in [3.8, 4) is 0 Å². The average Bonchev–Trinajstić information content (AvgIpc) is 2.73. The zero-order chi connectivity index (χ0) is 15.0. The van der Waals surface area contributed by atoms with Gasteiger partial charge in [-0.1, -0.05) is 25.0 Å². The van der Waals surface area contributed by atoms with Gasteiger partial charge in [0.05, 0.1) is 17.0 Å². The van der Waals surface area contributed by atoms with Gasteiger partial charge >= 0.3 is 5.97 Å². The molecule has 1 aliphatic heterocycles. The summed E-state index contributed by atoms with van der Waals surface area (Å²) in [5, 5.41) is 9.30. The number of carbonyl (C=O) groups is 3. The molecule has 21 heavy (non-hydrogen) atoms. The molecule has 5 nitrogen and oxygen atoms in total. The van der Waals surface area contributed by atoms with E-state index in [-0.39, 0.29) is 24.3 Å².